The van der Waals surface area contributed by atoms with Crippen molar-refractivity contribution in [2.24, 2.45) is 0 Å². The zero-order chi connectivity index (χ0) is 15.7. The smallest absolute Gasteiger partial charge is 0.277 e. The van der Waals surface area contributed by atoms with Gasteiger partial charge in [0.05, 0.1) is 7.11 Å². The zero-order valence-corrected chi connectivity index (χ0v) is 13.5. The van der Waals surface area contributed by atoms with Gasteiger partial charge in [-0.3, -0.25) is 9.63 Å². The molecule has 0 spiro atoms. The number of hydrogen-bond donors (Lipinski definition) is 0. The molecule has 0 heterocycles. The van der Waals surface area contributed by atoms with Crippen molar-refractivity contribution in [3.63, 3.8) is 0 Å². The Morgan fingerprint density at radius 1 is 1.14 bits per heavy atom. The molecule has 0 unspecified atom stereocenters. The van der Waals surface area contributed by atoms with Crippen molar-refractivity contribution in [1.29, 1.82) is 0 Å². The maximum atomic E-state index is 11.9. The first-order chi connectivity index (χ1) is 10.1. The Labute approximate surface area is 127 Å². The second kappa shape index (κ2) is 9.37. The van der Waals surface area contributed by atoms with Crippen molar-refractivity contribution < 1.29 is 14.4 Å². The number of ether oxygens (including phenoxy) is 1. The number of nitrogens with zero attached hydrogens (tertiary/aromatic N) is 2. The molecule has 0 aromatic heterocycles. The highest BCUT2D eigenvalue weighted by Gasteiger charge is 2.10. The second-order valence-electron chi connectivity index (χ2n) is 4.79. The highest BCUT2D eigenvalue weighted by molar-refractivity contribution is 5.93. The first-order valence-corrected chi connectivity index (χ1v) is 7.39. The number of hydroxylamine groups is 2. The number of hydrogen-bond acceptors (Lipinski definition) is 4. The van der Waals surface area contributed by atoms with Crippen molar-refractivity contribution in [3.05, 3.63) is 29.8 Å². The van der Waals surface area contributed by atoms with Crippen LogP contribution in [0.2, 0.25) is 0 Å². The normalized spacial score (nSPS) is 10.7. The molecule has 0 aliphatic rings. The summed E-state index contributed by atoms with van der Waals surface area (Å²) in [6.45, 7) is 8.03. The number of carbonyl (C=O) groups is 1. The number of amides is 1. The van der Waals surface area contributed by atoms with Crippen LogP contribution in [0.1, 0.15) is 30.6 Å². The topological polar surface area (TPSA) is 42.0 Å². The van der Waals surface area contributed by atoms with E-state index in [1.165, 1.54) is 12.2 Å². The second-order valence-corrected chi connectivity index (χ2v) is 4.79. The van der Waals surface area contributed by atoms with Gasteiger partial charge in [-0.1, -0.05) is 13.8 Å². The van der Waals surface area contributed by atoms with Gasteiger partial charge in [-0.15, -0.1) is 0 Å². The van der Waals surface area contributed by atoms with Gasteiger partial charge < -0.3 is 9.64 Å². The molecule has 0 bridgehead atoms. The quantitative estimate of drug-likeness (QED) is 0.656. The van der Waals surface area contributed by atoms with Crippen molar-refractivity contribution >= 4 is 5.91 Å². The lowest BCUT2D eigenvalue weighted by molar-refractivity contribution is -0.0757. The highest BCUT2D eigenvalue weighted by Crippen LogP contribution is 2.13. The van der Waals surface area contributed by atoms with Gasteiger partial charge in [-0.05, 0) is 43.8 Å². The van der Waals surface area contributed by atoms with Crippen molar-refractivity contribution in [1.82, 2.24) is 9.96 Å². The van der Waals surface area contributed by atoms with Crippen LogP contribution in [-0.4, -0.2) is 56.3 Å². The maximum Gasteiger partial charge on any atom is 0.277 e. The predicted octanol–water partition coefficient (Wildman–Crippen LogP) is 2.43. The van der Waals surface area contributed by atoms with E-state index in [0.717, 1.165) is 31.8 Å². The van der Waals surface area contributed by atoms with Crippen molar-refractivity contribution in [3.8, 4) is 5.75 Å². The van der Waals surface area contributed by atoms with Crippen LogP contribution in [0.3, 0.4) is 0 Å². The molecule has 1 rings (SSSR count). The molecular weight excluding hydrogens is 268 g/mol. The Balaban J connectivity index is 2.46. The molecule has 21 heavy (non-hydrogen) atoms. The van der Waals surface area contributed by atoms with E-state index in [-0.39, 0.29) is 5.91 Å². The third-order valence-corrected chi connectivity index (χ3v) is 3.32. The van der Waals surface area contributed by atoms with E-state index in [1.807, 2.05) is 12.1 Å². The van der Waals surface area contributed by atoms with Gasteiger partial charge in [0, 0.05) is 19.2 Å². The molecule has 0 saturated heterocycles. The minimum absolute atomic E-state index is 0.177. The molecule has 0 fully saturated rings. The van der Waals surface area contributed by atoms with Gasteiger partial charge in [0.1, 0.15) is 12.4 Å². The van der Waals surface area contributed by atoms with Crippen LogP contribution in [0.5, 0.6) is 5.75 Å². The van der Waals surface area contributed by atoms with Gasteiger partial charge in [-0.25, -0.2) is 5.06 Å². The largest absolute Gasteiger partial charge is 0.492 e. The van der Waals surface area contributed by atoms with Gasteiger partial charge in [0.15, 0.2) is 0 Å². The summed E-state index contributed by atoms with van der Waals surface area (Å²) in [6.07, 6.45) is 1.15. The average molecular weight is 294 g/mol. The van der Waals surface area contributed by atoms with Gasteiger partial charge in [0.2, 0.25) is 0 Å². The van der Waals surface area contributed by atoms with Crippen molar-refractivity contribution in [2.45, 2.75) is 20.3 Å². The maximum absolute atomic E-state index is 11.9. The Hall–Kier alpha value is -1.59. The highest BCUT2D eigenvalue weighted by atomic mass is 16.7. The van der Waals surface area contributed by atoms with Crippen LogP contribution in [0, 0.1) is 0 Å². The molecule has 0 N–H and O–H groups in total. The van der Waals surface area contributed by atoms with Crippen molar-refractivity contribution in [2.75, 3.05) is 40.4 Å². The molecule has 0 aliphatic heterocycles. The van der Waals surface area contributed by atoms with Crippen LogP contribution in [0.15, 0.2) is 24.3 Å². The van der Waals surface area contributed by atoms with E-state index >= 15 is 0 Å². The van der Waals surface area contributed by atoms with E-state index in [0.29, 0.717) is 12.2 Å². The first kappa shape index (κ1) is 17.5. The van der Waals surface area contributed by atoms with Gasteiger partial charge in [-0.2, -0.15) is 0 Å². The Morgan fingerprint density at radius 2 is 1.81 bits per heavy atom. The first-order valence-electron chi connectivity index (χ1n) is 7.39. The third kappa shape index (κ3) is 5.73. The van der Waals surface area contributed by atoms with Gasteiger partial charge >= 0.3 is 0 Å². The molecule has 0 aliphatic carbocycles. The van der Waals surface area contributed by atoms with Crippen LogP contribution in [0.25, 0.3) is 0 Å². The number of likely N-dealkylation sites (N-methyl/N-ethyl adjacent to an activating group) is 1. The van der Waals surface area contributed by atoms with Crippen LogP contribution in [0.4, 0.5) is 0 Å². The van der Waals surface area contributed by atoms with E-state index < -0.39 is 0 Å². The predicted molar refractivity (Wildman–Crippen MR) is 83.4 cm³/mol. The fourth-order valence-corrected chi connectivity index (χ4v) is 2.00. The standard InChI is InChI=1S/C16H26N2O3/c1-5-11-18(6-2)12-13-21-15-9-7-14(8-10-15)16(19)17(3)20-4/h7-10H,5-6,11-13H2,1-4H3. The monoisotopic (exact) mass is 294 g/mol. The molecule has 1 amide bonds. The summed E-state index contributed by atoms with van der Waals surface area (Å²) in [5, 5.41) is 1.19. The van der Waals surface area contributed by atoms with Crippen LogP contribution < -0.4 is 4.74 Å². The molecule has 0 saturated carbocycles. The van der Waals surface area contributed by atoms with E-state index in [9.17, 15) is 4.79 Å². The molecule has 5 heteroatoms. The fourth-order valence-electron chi connectivity index (χ4n) is 2.00. The number of rotatable bonds is 9. The molecule has 1 aromatic carbocycles. The van der Waals surface area contributed by atoms with Crippen LogP contribution >= 0.6 is 0 Å². The fraction of sp³-hybridized carbons (Fsp3) is 0.562. The minimum Gasteiger partial charge on any atom is -0.492 e. The van der Waals surface area contributed by atoms with E-state index in [4.69, 9.17) is 9.57 Å². The molecular formula is C16H26N2O3. The average Bonchev–Trinajstić information content (AvgIpc) is 2.53. The number of carbonyl (C=O) groups excluding carboxylic acids is 1. The Bertz CT molecular complexity index is 420. The molecule has 5 nitrogen and oxygen atoms in total. The minimum atomic E-state index is -0.177. The molecule has 118 valence electrons. The molecule has 0 atom stereocenters. The summed E-state index contributed by atoms with van der Waals surface area (Å²) in [7, 11) is 3.05. The lowest BCUT2D eigenvalue weighted by atomic mass is 10.2. The lowest BCUT2D eigenvalue weighted by Crippen LogP contribution is -2.29. The Morgan fingerprint density at radius 3 is 2.33 bits per heavy atom. The summed E-state index contributed by atoms with van der Waals surface area (Å²) in [5.74, 6) is 0.600. The third-order valence-electron chi connectivity index (χ3n) is 3.32. The molecule has 1 aromatic rings. The summed E-state index contributed by atoms with van der Waals surface area (Å²) < 4.78 is 5.71. The summed E-state index contributed by atoms with van der Waals surface area (Å²) in [4.78, 5) is 19.1. The number of benzene rings is 1. The van der Waals surface area contributed by atoms with Gasteiger partial charge in [0.25, 0.3) is 5.91 Å². The summed E-state index contributed by atoms with van der Waals surface area (Å²) in [5.41, 5.74) is 0.577. The Kier molecular flexibility index (Phi) is 7.79. The van der Waals surface area contributed by atoms with E-state index in [1.54, 1.807) is 19.2 Å². The van der Waals surface area contributed by atoms with Crippen LogP contribution in [-0.2, 0) is 4.84 Å². The zero-order valence-electron chi connectivity index (χ0n) is 13.5. The summed E-state index contributed by atoms with van der Waals surface area (Å²) >= 11 is 0. The molecule has 0 radical (unpaired) electrons. The van der Waals surface area contributed by atoms with E-state index in [2.05, 4.69) is 18.7 Å². The SMILES string of the molecule is CCCN(CC)CCOc1ccc(C(=O)N(C)OC)cc1. The summed E-state index contributed by atoms with van der Waals surface area (Å²) in [6, 6.07) is 7.12. The lowest BCUT2D eigenvalue weighted by Gasteiger charge is -2.19.